The second-order valence-electron chi connectivity index (χ2n) is 5.55. The molecular formula is C20H23NO2. The van der Waals surface area contributed by atoms with Gasteiger partial charge in [-0.3, -0.25) is 4.79 Å². The first-order chi connectivity index (χ1) is 11.1. The van der Waals surface area contributed by atoms with Crippen molar-refractivity contribution in [3.8, 4) is 5.75 Å². The number of hydrogen-bond donors (Lipinski definition) is 0. The Bertz CT molecular complexity index is 660. The van der Waals surface area contributed by atoms with Crippen LogP contribution in [-0.4, -0.2) is 31.5 Å². The number of likely N-dealkylation sites (N-methyl/N-ethyl adjacent to an activating group) is 1. The Balaban J connectivity index is 1.91. The Hall–Kier alpha value is -2.55. The lowest BCUT2D eigenvalue weighted by molar-refractivity contribution is -0.124. The van der Waals surface area contributed by atoms with Gasteiger partial charge in [-0.1, -0.05) is 42.5 Å². The molecule has 0 fully saturated rings. The van der Waals surface area contributed by atoms with Gasteiger partial charge >= 0.3 is 0 Å². The Morgan fingerprint density at radius 3 is 2.35 bits per heavy atom. The van der Waals surface area contributed by atoms with Gasteiger partial charge in [-0.05, 0) is 42.2 Å². The molecule has 0 aliphatic rings. The SMILES string of the molecule is COc1ccc(CCN(C)C(=O)/C=C(\C)c2ccccc2)cc1. The highest BCUT2D eigenvalue weighted by atomic mass is 16.5. The molecular weight excluding hydrogens is 286 g/mol. The van der Waals surface area contributed by atoms with Gasteiger partial charge in [-0.2, -0.15) is 0 Å². The predicted octanol–water partition coefficient (Wildman–Crippen LogP) is 3.80. The van der Waals surface area contributed by atoms with Gasteiger partial charge in [-0.25, -0.2) is 0 Å². The molecule has 0 aliphatic carbocycles. The molecule has 0 atom stereocenters. The third-order valence-electron chi connectivity index (χ3n) is 3.84. The number of nitrogens with zero attached hydrogens (tertiary/aromatic N) is 1. The average molecular weight is 309 g/mol. The molecule has 0 saturated heterocycles. The number of allylic oxidation sites excluding steroid dienone is 1. The van der Waals surface area contributed by atoms with E-state index in [1.54, 1.807) is 18.1 Å². The fourth-order valence-corrected chi connectivity index (χ4v) is 2.28. The van der Waals surface area contributed by atoms with Crippen LogP contribution in [0.15, 0.2) is 60.7 Å². The van der Waals surface area contributed by atoms with Crippen LogP contribution in [0.2, 0.25) is 0 Å². The van der Waals surface area contributed by atoms with E-state index in [4.69, 9.17) is 4.74 Å². The van der Waals surface area contributed by atoms with E-state index >= 15 is 0 Å². The van der Waals surface area contributed by atoms with Gasteiger partial charge in [0.1, 0.15) is 5.75 Å². The largest absolute Gasteiger partial charge is 0.497 e. The smallest absolute Gasteiger partial charge is 0.246 e. The van der Waals surface area contributed by atoms with Gasteiger partial charge in [0.15, 0.2) is 0 Å². The molecule has 2 aromatic carbocycles. The zero-order valence-electron chi connectivity index (χ0n) is 14.0. The topological polar surface area (TPSA) is 29.5 Å². The molecule has 0 bridgehead atoms. The molecule has 2 rings (SSSR count). The molecule has 0 saturated carbocycles. The minimum Gasteiger partial charge on any atom is -0.497 e. The molecule has 0 aliphatic heterocycles. The van der Waals surface area contributed by atoms with E-state index < -0.39 is 0 Å². The van der Waals surface area contributed by atoms with E-state index in [0.717, 1.165) is 23.3 Å². The average Bonchev–Trinajstić information content (AvgIpc) is 2.60. The third-order valence-corrected chi connectivity index (χ3v) is 3.84. The molecule has 0 spiro atoms. The standard InChI is InChI=1S/C20H23NO2/c1-16(18-7-5-4-6-8-18)15-20(22)21(2)14-13-17-9-11-19(23-3)12-10-17/h4-12,15H,13-14H2,1-3H3/b16-15+. The highest BCUT2D eigenvalue weighted by Crippen LogP contribution is 2.14. The third kappa shape index (κ3) is 4.99. The first-order valence-electron chi connectivity index (χ1n) is 7.72. The minimum atomic E-state index is 0.0277. The van der Waals surface area contributed by atoms with Crippen LogP contribution in [0.1, 0.15) is 18.1 Å². The van der Waals surface area contributed by atoms with E-state index in [0.29, 0.717) is 6.54 Å². The van der Waals surface area contributed by atoms with Gasteiger partial charge in [0.2, 0.25) is 5.91 Å². The molecule has 0 heterocycles. The molecule has 2 aromatic rings. The fourth-order valence-electron chi connectivity index (χ4n) is 2.28. The Labute approximate surface area is 138 Å². The molecule has 3 heteroatoms. The van der Waals surface area contributed by atoms with E-state index in [2.05, 4.69) is 0 Å². The molecule has 0 radical (unpaired) electrons. The molecule has 0 aromatic heterocycles. The summed E-state index contributed by atoms with van der Waals surface area (Å²) >= 11 is 0. The number of benzene rings is 2. The van der Waals surface area contributed by atoms with Crippen LogP contribution in [0.3, 0.4) is 0 Å². The number of methoxy groups -OCH3 is 1. The molecule has 0 unspecified atom stereocenters. The van der Waals surface area contributed by atoms with Crippen LogP contribution in [0.4, 0.5) is 0 Å². The van der Waals surface area contributed by atoms with E-state index in [1.807, 2.05) is 68.6 Å². The van der Waals surface area contributed by atoms with Crippen LogP contribution in [0.5, 0.6) is 5.75 Å². The van der Waals surface area contributed by atoms with Crippen LogP contribution in [0.25, 0.3) is 5.57 Å². The summed E-state index contributed by atoms with van der Waals surface area (Å²) < 4.78 is 5.15. The first-order valence-corrected chi connectivity index (χ1v) is 7.72. The second kappa shape index (κ2) is 8.18. The maximum Gasteiger partial charge on any atom is 0.246 e. The van der Waals surface area contributed by atoms with Crippen LogP contribution >= 0.6 is 0 Å². The monoisotopic (exact) mass is 309 g/mol. The quantitative estimate of drug-likeness (QED) is 0.760. The van der Waals surface area contributed by atoms with Crippen molar-refractivity contribution in [3.05, 3.63) is 71.8 Å². The highest BCUT2D eigenvalue weighted by molar-refractivity contribution is 5.94. The lowest BCUT2D eigenvalue weighted by Crippen LogP contribution is -2.27. The first kappa shape index (κ1) is 16.8. The number of carbonyl (C=O) groups excluding carboxylic acids is 1. The normalized spacial score (nSPS) is 11.2. The van der Waals surface area contributed by atoms with E-state index in [9.17, 15) is 4.79 Å². The fraction of sp³-hybridized carbons (Fsp3) is 0.250. The Morgan fingerprint density at radius 1 is 1.09 bits per heavy atom. The van der Waals surface area contributed by atoms with Crippen molar-refractivity contribution in [2.24, 2.45) is 0 Å². The Morgan fingerprint density at radius 2 is 1.74 bits per heavy atom. The van der Waals surface area contributed by atoms with Gasteiger partial charge in [0, 0.05) is 19.7 Å². The lowest BCUT2D eigenvalue weighted by atomic mass is 10.1. The number of ether oxygens (including phenoxy) is 1. The molecule has 3 nitrogen and oxygen atoms in total. The van der Waals surface area contributed by atoms with Crippen molar-refractivity contribution in [2.45, 2.75) is 13.3 Å². The van der Waals surface area contributed by atoms with Crippen molar-refractivity contribution in [1.29, 1.82) is 0 Å². The number of hydrogen-bond acceptors (Lipinski definition) is 2. The molecule has 120 valence electrons. The maximum atomic E-state index is 12.3. The van der Waals surface area contributed by atoms with Crippen molar-refractivity contribution in [1.82, 2.24) is 4.90 Å². The summed E-state index contributed by atoms with van der Waals surface area (Å²) in [4.78, 5) is 14.0. The Kier molecular flexibility index (Phi) is 5.98. The van der Waals surface area contributed by atoms with Crippen LogP contribution in [0, 0.1) is 0 Å². The summed E-state index contributed by atoms with van der Waals surface area (Å²) in [5, 5.41) is 0. The minimum absolute atomic E-state index is 0.0277. The highest BCUT2D eigenvalue weighted by Gasteiger charge is 2.07. The van der Waals surface area contributed by atoms with Crippen LogP contribution < -0.4 is 4.74 Å². The van der Waals surface area contributed by atoms with E-state index in [-0.39, 0.29) is 5.91 Å². The second-order valence-corrected chi connectivity index (χ2v) is 5.55. The van der Waals surface area contributed by atoms with Gasteiger partial charge in [-0.15, -0.1) is 0 Å². The summed E-state index contributed by atoms with van der Waals surface area (Å²) in [6, 6.07) is 17.9. The van der Waals surface area contributed by atoms with Crippen molar-refractivity contribution < 1.29 is 9.53 Å². The zero-order chi connectivity index (χ0) is 16.7. The summed E-state index contributed by atoms with van der Waals surface area (Å²) in [5.41, 5.74) is 3.24. The molecule has 23 heavy (non-hydrogen) atoms. The van der Waals surface area contributed by atoms with Crippen molar-refractivity contribution >= 4 is 11.5 Å². The summed E-state index contributed by atoms with van der Waals surface area (Å²) in [5.74, 6) is 0.875. The summed E-state index contributed by atoms with van der Waals surface area (Å²) in [6.07, 6.45) is 2.52. The van der Waals surface area contributed by atoms with Gasteiger partial charge in [0.05, 0.1) is 7.11 Å². The zero-order valence-corrected chi connectivity index (χ0v) is 14.0. The van der Waals surface area contributed by atoms with Crippen LogP contribution in [-0.2, 0) is 11.2 Å². The lowest BCUT2D eigenvalue weighted by Gasteiger charge is -2.16. The molecule has 1 amide bonds. The molecule has 0 N–H and O–H groups in total. The van der Waals surface area contributed by atoms with E-state index in [1.165, 1.54) is 5.56 Å². The number of amides is 1. The maximum absolute atomic E-state index is 12.3. The number of rotatable bonds is 6. The number of carbonyl (C=O) groups is 1. The summed E-state index contributed by atoms with van der Waals surface area (Å²) in [7, 11) is 3.49. The van der Waals surface area contributed by atoms with Gasteiger partial charge < -0.3 is 9.64 Å². The summed E-state index contributed by atoms with van der Waals surface area (Å²) in [6.45, 7) is 2.65. The van der Waals surface area contributed by atoms with Crippen molar-refractivity contribution in [2.75, 3.05) is 20.7 Å². The van der Waals surface area contributed by atoms with Gasteiger partial charge in [0.25, 0.3) is 0 Å². The predicted molar refractivity (Wildman–Crippen MR) is 94.4 cm³/mol. The van der Waals surface area contributed by atoms with Crippen molar-refractivity contribution in [3.63, 3.8) is 0 Å².